The van der Waals surface area contributed by atoms with Gasteiger partial charge in [-0.1, -0.05) is 18.2 Å². The summed E-state index contributed by atoms with van der Waals surface area (Å²) >= 11 is 0. The number of H-pyrrole nitrogens is 1. The van der Waals surface area contributed by atoms with Gasteiger partial charge >= 0.3 is 0 Å². The predicted molar refractivity (Wildman–Crippen MR) is 86.7 cm³/mol. The number of pyridine rings is 1. The van der Waals surface area contributed by atoms with Crippen molar-refractivity contribution in [2.24, 2.45) is 0 Å². The lowest BCUT2D eigenvalue weighted by Gasteiger charge is -2.10. The molecule has 108 valence electrons. The number of hydrogen-bond donors (Lipinski definition) is 2. The second-order valence-electron chi connectivity index (χ2n) is 5.33. The first-order chi connectivity index (χ1) is 10.0. The van der Waals surface area contributed by atoms with E-state index in [2.05, 4.69) is 20.3 Å². The smallest absolute Gasteiger partial charge is 0.154 e. The van der Waals surface area contributed by atoms with E-state index in [1.165, 1.54) is 0 Å². The number of nitrogens with zero attached hydrogens (tertiary/aromatic N) is 2. The van der Waals surface area contributed by atoms with Crippen molar-refractivity contribution in [2.45, 2.75) is 6.54 Å². The highest BCUT2D eigenvalue weighted by Gasteiger charge is 2.11. The molecule has 5 nitrogen and oxygen atoms in total. The van der Waals surface area contributed by atoms with Crippen molar-refractivity contribution < 1.29 is 4.57 Å². The van der Waals surface area contributed by atoms with Crippen LogP contribution in [0.15, 0.2) is 42.9 Å². The first kappa shape index (κ1) is 13.8. The average Bonchev–Trinajstić information content (AvgIpc) is 2.93. The first-order valence-corrected chi connectivity index (χ1v) is 9.30. The third-order valence-electron chi connectivity index (χ3n) is 3.33. The normalized spacial score (nSPS) is 11.7. The third-order valence-corrected chi connectivity index (χ3v) is 4.85. The highest BCUT2D eigenvalue weighted by atomic mass is 31.2. The standard InChI is InChI=1S/C15H17N4OP/c1-21(2,20)12-5-3-4-11(8-12)9-17-15-14-13(6-7-16-15)18-10-19-14/h3-8,10H,9H2,1-2H3,(H,16,17)(H,18,19). The fourth-order valence-electron chi connectivity index (χ4n) is 2.18. The van der Waals surface area contributed by atoms with E-state index in [9.17, 15) is 4.57 Å². The van der Waals surface area contributed by atoms with Gasteiger partial charge in [-0.15, -0.1) is 0 Å². The number of hydrogen-bond acceptors (Lipinski definition) is 4. The fourth-order valence-corrected chi connectivity index (χ4v) is 3.11. The van der Waals surface area contributed by atoms with Gasteiger partial charge in [0.15, 0.2) is 5.82 Å². The minimum atomic E-state index is -2.23. The highest BCUT2D eigenvalue weighted by molar-refractivity contribution is 7.70. The Labute approximate surface area is 123 Å². The quantitative estimate of drug-likeness (QED) is 0.727. The Morgan fingerprint density at radius 2 is 2.10 bits per heavy atom. The molecule has 0 fully saturated rings. The van der Waals surface area contributed by atoms with Gasteiger partial charge in [-0.25, -0.2) is 9.97 Å². The van der Waals surface area contributed by atoms with Gasteiger partial charge in [-0.3, -0.25) is 0 Å². The zero-order chi connectivity index (χ0) is 14.9. The molecule has 21 heavy (non-hydrogen) atoms. The molecule has 0 amide bonds. The van der Waals surface area contributed by atoms with Gasteiger partial charge in [0.05, 0.1) is 11.8 Å². The summed E-state index contributed by atoms with van der Waals surface area (Å²) in [6.45, 7) is 4.18. The molecule has 0 aliphatic heterocycles. The fraction of sp³-hybridized carbons (Fsp3) is 0.200. The number of fused-ring (bicyclic) bond motifs is 1. The molecule has 0 saturated heterocycles. The van der Waals surface area contributed by atoms with E-state index in [-0.39, 0.29) is 0 Å². The minimum absolute atomic E-state index is 0.618. The number of aromatic amines is 1. The molecule has 3 aromatic rings. The zero-order valence-corrected chi connectivity index (χ0v) is 12.9. The number of aromatic nitrogens is 3. The van der Waals surface area contributed by atoms with Crippen LogP contribution in [-0.4, -0.2) is 28.3 Å². The summed E-state index contributed by atoms with van der Waals surface area (Å²) in [5.41, 5.74) is 2.85. The molecule has 0 bridgehead atoms. The first-order valence-electron chi connectivity index (χ1n) is 6.70. The molecule has 0 saturated carbocycles. The van der Waals surface area contributed by atoms with Gasteiger partial charge in [-0.05, 0) is 31.0 Å². The van der Waals surface area contributed by atoms with Crippen LogP contribution >= 0.6 is 7.14 Å². The number of anilines is 1. The molecule has 2 heterocycles. The van der Waals surface area contributed by atoms with E-state index >= 15 is 0 Å². The molecule has 2 N–H and O–H groups in total. The number of rotatable bonds is 4. The summed E-state index contributed by atoms with van der Waals surface area (Å²) in [5, 5.41) is 4.18. The maximum atomic E-state index is 12.1. The monoisotopic (exact) mass is 300 g/mol. The van der Waals surface area contributed by atoms with Crippen LogP contribution < -0.4 is 10.6 Å². The molecule has 0 atom stereocenters. The van der Waals surface area contributed by atoms with Crippen LogP contribution in [0.2, 0.25) is 0 Å². The van der Waals surface area contributed by atoms with Crippen molar-refractivity contribution in [2.75, 3.05) is 18.6 Å². The lowest BCUT2D eigenvalue weighted by molar-refractivity contribution is 0.588. The number of nitrogens with one attached hydrogen (secondary N) is 2. The maximum absolute atomic E-state index is 12.1. The molecule has 0 aliphatic carbocycles. The Balaban J connectivity index is 1.82. The van der Waals surface area contributed by atoms with E-state index in [0.29, 0.717) is 6.54 Å². The van der Waals surface area contributed by atoms with E-state index in [1.54, 1.807) is 25.9 Å². The molecule has 0 spiro atoms. The average molecular weight is 300 g/mol. The minimum Gasteiger partial charge on any atom is -0.364 e. The second-order valence-corrected chi connectivity index (χ2v) is 8.55. The molecule has 2 aromatic heterocycles. The van der Waals surface area contributed by atoms with Crippen molar-refractivity contribution in [1.29, 1.82) is 0 Å². The second kappa shape index (κ2) is 5.34. The van der Waals surface area contributed by atoms with Gasteiger partial charge in [0.1, 0.15) is 12.7 Å². The van der Waals surface area contributed by atoms with Crippen LogP contribution in [0.1, 0.15) is 5.56 Å². The van der Waals surface area contributed by atoms with Crippen molar-refractivity contribution in [3.8, 4) is 0 Å². The van der Waals surface area contributed by atoms with E-state index in [1.807, 2.05) is 30.3 Å². The molecule has 0 unspecified atom stereocenters. The lowest BCUT2D eigenvalue weighted by atomic mass is 10.2. The Hall–Kier alpha value is -2.13. The van der Waals surface area contributed by atoms with Crippen molar-refractivity contribution in [3.05, 3.63) is 48.4 Å². The van der Waals surface area contributed by atoms with Crippen LogP contribution in [0, 0.1) is 0 Å². The van der Waals surface area contributed by atoms with Crippen LogP contribution in [0.5, 0.6) is 0 Å². The number of imidazole rings is 1. The van der Waals surface area contributed by atoms with Crippen molar-refractivity contribution >= 4 is 29.3 Å². The molecular formula is C15H17N4OP. The largest absolute Gasteiger partial charge is 0.364 e. The van der Waals surface area contributed by atoms with Gasteiger partial charge in [0.25, 0.3) is 0 Å². The Morgan fingerprint density at radius 1 is 1.24 bits per heavy atom. The van der Waals surface area contributed by atoms with Gasteiger partial charge in [0.2, 0.25) is 0 Å². The van der Waals surface area contributed by atoms with E-state index < -0.39 is 7.14 Å². The van der Waals surface area contributed by atoms with Crippen molar-refractivity contribution in [1.82, 2.24) is 15.0 Å². The van der Waals surface area contributed by atoms with Crippen LogP contribution in [0.4, 0.5) is 5.82 Å². The lowest BCUT2D eigenvalue weighted by Crippen LogP contribution is -2.07. The predicted octanol–water partition coefficient (Wildman–Crippen LogP) is 2.82. The Kier molecular flexibility index (Phi) is 3.52. The van der Waals surface area contributed by atoms with Crippen LogP contribution in [-0.2, 0) is 11.1 Å². The number of benzene rings is 1. The van der Waals surface area contributed by atoms with E-state index in [0.717, 1.165) is 27.7 Å². The summed E-state index contributed by atoms with van der Waals surface area (Å²) in [5.74, 6) is 0.746. The van der Waals surface area contributed by atoms with Gasteiger partial charge in [-0.2, -0.15) is 0 Å². The highest BCUT2D eigenvalue weighted by Crippen LogP contribution is 2.34. The summed E-state index contributed by atoms with van der Waals surface area (Å²) in [7, 11) is -2.23. The zero-order valence-electron chi connectivity index (χ0n) is 12.0. The van der Waals surface area contributed by atoms with Gasteiger partial charge < -0.3 is 14.9 Å². The van der Waals surface area contributed by atoms with Gasteiger partial charge in [0, 0.05) is 18.0 Å². The molecule has 1 aromatic carbocycles. The Bertz CT molecular complexity index is 821. The van der Waals surface area contributed by atoms with Crippen molar-refractivity contribution in [3.63, 3.8) is 0 Å². The molecule has 6 heteroatoms. The molecule has 0 aliphatic rings. The molecular weight excluding hydrogens is 283 g/mol. The topological polar surface area (TPSA) is 70.7 Å². The van der Waals surface area contributed by atoms with Crippen LogP contribution in [0.25, 0.3) is 11.0 Å². The molecule has 3 rings (SSSR count). The Morgan fingerprint density at radius 3 is 2.90 bits per heavy atom. The summed E-state index contributed by atoms with van der Waals surface area (Å²) in [4.78, 5) is 11.6. The van der Waals surface area contributed by atoms with E-state index in [4.69, 9.17) is 0 Å². The summed E-state index contributed by atoms with van der Waals surface area (Å²) in [6, 6.07) is 9.74. The molecule has 0 radical (unpaired) electrons. The van der Waals surface area contributed by atoms with Crippen LogP contribution in [0.3, 0.4) is 0 Å². The third kappa shape index (κ3) is 2.98. The summed E-state index contributed by atoms with van der Waals surface area (Å²) in [6.07, 6.45) is 3.40. The summed E-state index contributed by atoms with van der Waals surface area (Å²) < 4.78 is 12.1. The maximum Gasteiger partial charge on any atom is 0.154 e. The SMILES string of the molecule is CP(C)(=O)c1cccc(CNc2nccc3[nH]cnc23)c1.